The van der Waals surface area contributed by atoms with Crippen molar-refractivity contribution in [3.63, 3.8) is 0 Å². The van der Waals surface area contributed by atoms with Crippen molar-refractivity contribution in [2.24, 2.45) is 4.66 Å². The average molecular weight is 1770 g/mol. The van der Waals surface area contributed by atoms with E-state index in [0.29, 0.717) is 0 Å². The molecule has 24 rings (SSSR count). The third-order valence-corrected chi connectivity index (χ3v) is 24.5. The van der Waals surface area contributed by atoms with Crippen molar-refractivity contribution in [1.29, 1.82) is 31.6 Å². The van der Waals surface area contributed by atoms with Gasteiger partial charge in [-0.15, -0.1) is 0 Å². The number of anilines is 9. The maximum Gasteiger partial charge on any atom is 0.265 e. The summed E-state index contributed by atoms with van der Waals surface area (Å²) in [5.41, 5.74) is 21.1. The lowest BCUT2D eigenvalue weighted by Gasteiger charge is -2.27. The fourth-order valence-corrected chi connectivity index (χ4v) is 18.5. The van der Waals surface area contributed by atoms with Crippen molar-refractivity contribution in [2.45, 2.75) is 0 Å². The molecule has 0 aliphatic carbocycles. The zero-order chi connectivity index (χ0) is 93.0. The fourth-order valence-electron chi connectivity index (χ4n) is 18.5. The molecule has 0 bridgehead atoms. The van der Waals surface area contributed by atoms with Crippen molar-refractivity contribution in [1.82, 2.24) is 43.6 Å². The second-order valence-electron chi connectivity index (χ2n) is 32.1. The molecular formula is C116H69BN19P. The molecule has 2 radical (unpaired) electrons. The van der Waals surface area contributed by atoms with E-state index in [1.807, 2.05) is 0 Å². The van der Waals surface area contributed by atoms with Crippen molar-refractivity contribution in [3.05, 3.63) is 447 Å². The van der Waals surface area contributed by atoms with E-state index in [9.17, 15) is 31.6 Å². The van der Waals surface area contributed by atoms with Gasteiger partial charge in [0.05, 0.1) is 44.5 Å². The van der Waals surface area contributed by atoms with Gasteiger partial charge in [-0.2, -0.15) is 31.6 Å². The molecule has 0 atom stereocenters. The summed E-state index contributed by atoms with van der Waals surface area (Å²) in [5, 5.41) is 68.2. The number of nitriles is 6. The molecular weight excluding hydrogens is 1700 g/mol. The molecule has 636 valence electrons. The van der Waals surface area contributed by atoms with Crippen LogP contribution in [0.3, 0.4) is 0 Å². The molecule has 6 heterocycles. The number of aromatic nitrogens is 9. The van der Waals surface area contributed by atoms with Crippen molar-refractivity contribution >= 4 is 188 Å². The van der Waals surface area contributed by atoms with Gasteiger partial charge in [0.1, 0.15) is 69.5 Å². The second kappa shape index (κ2) is 36.7. The van der Waals surface area contributed by atoms with Crippen molar-refractivity contribution in [2.75, 3.05) is 14.7 Å². The molecule has 0 amide bonds. The van der Waals surface area contributed by atoms with Gasteiger partial charge in [-0.05, 0) is 201 Å². The van der Waals surface area contributed by atoms with Crippen LogP contribution in [0, 0.1) is 68.0 Å². The smallest absolute Gasteiger partial charge is 0.265 e. The number of hydrogen-bond donors (Lipinski definition) is 0. The van der Waals surface area contributed by atoms with E-state index in [-0.39, 0.29) is 67.3 Å². The molecule has 0 aliphatic heterocycles. The van der Waals surface area contributed by atoms with E-state index >= 15 is 0 Å². The molecule has 21 heteroatoms. The van der Waals surface area contributed by atoms with Crippen LogP contribution in [-0.4, -0.2) is 51.6 Å². The van der Waals surface area contributed by atoms with E-state index in [4.69, 9.17) is 0 Å². The lowest BCUT2D eigenvalue weighted by atomic mass is 10.0. The van der Waals surface area contributed by atoms with Crippen LogP contribution in [0.1, 0.15) is 34.2 Å². The summed E-state index contributed by atoms with van der Waals surface area (Å²) in [4.78, 5) is 31.7. The van der Waals surface area contributed by atoms with E-state index in [1.54, 1.807) is 36.4 Å². The Labute approximate surface area is 788 Å². The van der Waals surface area contributed by atoms with E-state index in [0.717, 1.165) is 68.2 Å². The van der Waals surface area contributed by atoms with Gasteiger partial charge in [-0.3, -0.25) is 0 Å². The SMILES string of the molecule is N#Cc1nc2c3nc(C#N)c(C#N)nc3c3nc(C#N)c(C#N)nc3c2nc1C#N.[B]N=P.c1ccc(N(c2ccc(-c3ccc(N(c4ccccc4)c4cccc5ccccc45)cc3)cc2)c2cccc3ccccc23)cc1.c1ccc2c(c1)c1ccccc1n2-c1ccc(N(c2ccc(-n3c4ccccc4c4ccccc43)cc2)c2ccc(-n3c4ccccc4c4ccccc43)cc2)cc1. The maximum absolute atomic E-state index is 9.29. The Morgan fingerprint density at radius 1 is 0.212 bits per heavy atom. The minimum absolute atomic E-state index is 0.0237. The molecule has 0 saturated carbocycles. The first-order valence-corrected chi connectivity index (χ1v) is 44.3. The summed E-state index contributed by atoms with van der Waals surface area (Å²) in [6.07, 6.45) is 0. The Balaban J connectivity index is 0.000000127. The summed E-state index contributed by atoms with van der Waals surface area (Å²) in [7, 11) is 6.97. The highest BCUT2D eigenvalue weighted by Gasteiger charge is 2.26. The van der Waals surface area contributed by atoms with Crippen LogP contribution in [0.4, 0.5) is 51.2 Å². The number of fused-ring (bicyclic) bond motifs is 17. The first-order valence-electron chi connectivity index (χ1n) is 43.8. The highest BCUT2D eigenvalue weighted by atomic mass is 31.0. The number of hydrogen-bond acceptors (Lipinski definition) is 16. The van der Waals surface area contributed by atoms with Gasteiger partial charge < -0.3 is 33.1 Å². The predicted octanol–water partition coefficient (Wildman–Crippen LogP) is 28.2. The normalized spacial score (nSPS) is 10.9. The molecule has 6 aromatic heterocycles. The molecule has 24 aromatic rings. The lowest BCUT2D eigenvalue weighted by molar-refractivity contribution is 1.15. The van der Waals surface area contributed by atoms with Crippen molar-refractivity contribution < 1.29 is 0 Å². The number of nitrogens with zero attached hydrogens (tertiary/aromatic N) is 19. The monoisotopic (exact) mass is 1770 g/mol. The molecule has 0 saturated heterocycles. The van der Waals surface area contributed by atoms with Crippen LogP contribution >= 0.6 is 9.03 Å². The number of para-hydroxylation sites is 8. The summed E-state index contributed by atoms with van der Waals surface area (Å²) in [6, 6.07) is 159. The van der Waals surface area contributed by atoms with Crippen LogP contribution < -0.4 is 14.7 Å². The van der Waals surface area contributed by atoms with E-state index in [1.165, 1.54) is 98.1 Å². The summed E-state index contributed by atoms with van der Waals surface area (Å²) < 4.78 is 9.93. The molecule has 0 N–H and O–H groups in total. The summed E-state index contributed by atoms with van der Waals surface area (Å²) in [6.45, 7) is 0. The van der Waals surface area contributed by atoms with Crippen molar-refractivity contribution in [3.8, 4) is 64.6 Å². The maximum atomic E-state index is 9.29. The van der Waals surface area contributed by atoms with Gasteiger partial charge in [0, 0.05) is 100.0 Å². The van der Waals surface area contributed by atoms with Crippen LogP contribution in [0.5, 0.6) is 0 Å². The minimum Gasteiger partial charge on any atom is -0.344 e. The second-order valence-corrected chi connectivity index (χ2v) is 32.3. The molecule has 0 spiro atoms. The van der Waals surface area contributed by atoms with Crippen LogP contribution in [0.15, 0.2) is 417 Å². The standard InChI is InChI=1S/C54H36N4.C44H32N2.C18N12.BHNP/c1-7-19-49-43(13-1)44-14-2-8-20-50(44)56(49)40-31-25-37(26-32-40)55(38-27-33-41(34-28-38)57-51-21-9-3-15-45(51)46-16-4-10-22-52(46)57)39-29-35-42(36-30-39)58-53-23-11-5-17-47(53)48-18-6-12-24-54(48)58;1-3-17-37(18-4-1)45(43-23-11-15-35-13-7-9-21-41(35)43)39-29-25-33(26-30-39)34-27-31-40(32-28-34)46(38-19-5-2-6-20-38)44-24-12-16-36-14-8-10-22-42(36)44;19-1-7-8(2-20)26-14-13(25-7)15-17(29-10(4-22)9(3-21)27-15)18-16(14)28-11(5-23)12(6-24)30-18;1-2-3/h1-36H;1-32H;;3H. The number of rotatable bonds is 13. The number of benzene rings is 18. The van der Waals surface area contributed by atoms with Gasteiger partial charge in [-0.1, -0.05) is 243 Å². The highest BCUT2D eigenvalue weighted by molar-refractivity contribution is 7.05. The van der Waals surface area contributed by atoms with Gasteiger partial charge >= 0.3 is 0 Å². The third-order valence-electron chi connectivity index (χ3n) is 24.5. The molecule has 0 aliphatic rings. The van der Waals surface area contributed by atoms with E-state index in [2.05, 4.69) is 492 Å². The summed E-state index contributed by atoms with van der Waals surface area (Å²) in [5.74, 6) is 0. The Kier molecular flexibility index (Phi) is 22.6. The van der Waals surface area contributed by atoms with Gasteiger partial charge in [0.2, 0.25) is 0 Å². The Morgan fingerprint density at radius 2 is 0.401 bits per heavy atom. The molecule has 0 fully saturated rings. The minimum atomic E-state index is -0.294. The highest BCUT2D eigenvalue weighted by Crippen LogP contribution is 2.46. The van der Waals surface area contributed by atoms with Crippen LogP contribution in [0.2, 0.25) is 0 Å². The summed E-state index contributed by atoms with van der Waals surface area (Å²) >= 11 is 0. The van der Waals surface area contributed by atoms with Crippen LogP contribution in [-0.2, 0) is 0 Å². The first kappa shape index (κ1) is 84.3. The van der Waals surface area contributed by atoms with E-state index < -0.39 is 0 Å². The van der Waals surface area contributed by atoms with Gasteiger partial charge in [-0.25, -0.2) is 29.9 Å². The Hall–Kier alpha value is -19.6. The quantitative estimate of drug-likeness (QED) is 0.0590. The van der Waals surface area contributed by atoms with Gasteiger partial charge in [0.15, 0.2) is 34.2 Å². The largest absolute Gasteiger partial charge is 0.344 e. The molecule has 0 unspecified atom stereocenters. The predicted molar refractivity (Wildman–Crippen MR) is 551 cm³/mol. The molecule has 19 nitrogen and oxygen atoms in total. The Bertz CT molecular complexity index is 8100. The third kappa shape index (κ3) is 15.4. The van der Waals surface area contributed by atoms with Gasteiger partial charge in [0.25, 0.3) is 7.98 Å². The van der Waals surface area contributed by atoms with Crippen LogP contribution in [0.25, 0.3) is 148 Å². The zero-order valence-corrected chi connectivity index (χ0v) is 73.8. The zero-order valence-electron chi connectivity index (χ0n) is 72.8. The lowest BCUT2D eigenvalue weighted by Crippen LogP contribution is -2.10. The first-order chi connectivity index (χ1) is 67.6. The average Bonchev–Trinajstić information content (AvgIpc) is 1.71. The molecule has 18 aromatic carbocycles. The Morgan fingerprint density at radius 3 is 0.642 bits per heavy atom. The fraction of sp³-hybridized carbons (Fsp3) is 0. The topological polar surface area (TPSA) is 257 Å². The molecule has 137 heavy (non-hydrogen) atoms.